The summed E-state index contributed by atoms with van der Waals surface area (Å²) in [7, 11) is 0.654. The zero-order valence-corrected chi connectivity index (χ0v) is 10.4. The normalized spacial score (nSPS) is 24.3. The molecule has 0 aromatic carbocycles. The van der Waals surface area contributed by atoms with Crippen LogP contribution in [-0.4, -0.2) is 22.0 Å². The number of unbranched alkanes of at least 4 members (excludes halogenated alkanes) is 1. The smallest absolute Gasteiger partial charge is 0.305 e. The fourth-order valence-electron chi connectivity index (χ4n) is 1.33. The van der Waals surface area contributed by atoms with Gasteiger partial charge < -0.3 is 4.74 Å². The number of hydrogen-bond acceptors (Lipinski definition) is 4. The molecule has 2 atom stereocenters. The van der Waals surface area contributed by atoms with Crippen molar-refractivity contribution in [3.63, 3.8) is 0 Å². The van der Waals surface area contributed by atoms with Crippen LogP contribution in [0, 0.1) is 0 Å². The second kappa shape index (κ2) is 7.06. The molecule has 0 bridgehead atoms. The summed E-state index contributed by atoms with van der Waals surface area (Å²) >= 11 is 0. The van der Waals surface area contributed by atoms with Crippen LogP contribution in [0.5, 0.6) is 0 Å². The third kappa shape index (κ3) is 5.37. The van der Waals surface area contributed by atoms with Crippen LogP contribution in [0.3, 0.4) is 0 Å². The summed E-state index contributed by atoms with van der Waals surface area (Å²) in [6, 6.07) is 0. The summed E-state index contributed by atoms with van der Waals surface area (Å²) in [5.41, 5.74) is 0. The van der Waals surface area contributed by atoms with E-state index in [9.17, 15) is 9.00 Å². The van der Waals surface area contributed by atoms with Gasteiger partial charge in [-0.2, -0.15) is 0 Å². The lowest BCUT2D eigenvalue weighted by atomic mass is 10.1. The molecule has 0 spiro atoms. The monoisotopic (exact) mass is 248 g/mol. The molecular weight excluding hydrogens is 232 g/mol. The maximum atomic E-state index is 11.0. The molecule has 0 amide bonds. The lowest BCUT2D eigenvalue weighted by Gasteiger charge is -2.05. The van der Waals surface area contributed by atoms with Crippen LogP contribution in [0.25, 0.3) is 0 Å². The second-order valence-electron chi connectivity index (χ2n) is 3.27. The van der Waals surface area contributed by atoms with Crippen LogP contribution < -0.4 is 0 Å². The Labute approximate surface area is 96.5 Å². The third-order valence-corrected chi connectivity index (χ3v) is 4.90. The highest BCUT2D eigenvalue weighted by Crippen LogP contribution is 2.29. The lowest BCUT2D eigenvalue weighted by molar-refractivity contribution is -0.143. The highest BCUT2D eigenvalue weighted by molar-refractivity contribution is 8.70. The number of ether oxygens (including phenoxy) is 1. The Bertz CT molecular complexity index is 263. The van der Waals surface area contributed by atoms with Crippen molar-refractivity contribution >= 4 is 26.6 Å². The molecule has 86 valence electrons. The van der Waals surface area contributed by atoms with Crippen LogP contribution >= 0.6 is 10.8 Å². The van der Waals surface area contributed by atoms with Gasteiger partial charge in [0.2, 0.25) is 0 Å². The predicted molar refractivity (Wildman–Crippen MR) is 63.8 cm³/mol. The van der Waals surface area contributed by atoms with Crippen molar-refractivity contribution in [1.29, 1.82) is 0 Å². The molecule has 0 saturated carbocycles. The molecule has 0 N–H and O–H groups in total. The summed E-state index contributed by atoms with van der Waals surface area (Å²) < 4.78 is 15.8. The number of carbonyl (C=O) groups excluding carboxylic acids is 1. The average Bonchev–Trinajstić information content (AvgIpc) is 2.60. The summed E-state index contributed by atoms with van der Waals surface area (Å²) in [6.45, 7) is 2.27. The predicted octanol–water partition coefficient (Wildman–Crippen LogP) is 2.40. The number of carbonyl (C=O) groups is 1. The Morgan fingerprint density at radius 2 is 2.33 bits per heavy atom. The molecule has 0 saturated heterocycles. The van der Waals surface area contributed by atoms with Crippen molar-refractivity contribution in [2.45, 2.75) is 37.9 Å². The zero-order chi connectivity index (χ0) is 11.1. The van der Waals surface area contributed by atoms with Crippen molar-refractivity contribution in [1.82, 2.24) is 0 Å². The standard InChI is InChI=1S/C10H16O3S2/c1-2-13-10(11)6-4-3-5-9-7-8-15(12)14-9/h7-9H,2-6H2,1H3. The zero-order valence-electron chi connectivity index (χ0n) is 8.81. The van der Waals surface area contributed by atoms with Crippen molar-refractivity contribution in [2.24, 2.45) is 0 Å². The van der Waals surface area contributed by atoms with E-state index in [0.29, 0.717) is 18.3 Å². The fourth-order valence-corrected chi connectivity index (χ4v) is 4.06. The highest BCUT2D eigenvalue weighted by atomic mass is 33.1. The summed E-state index contributed by atoms with van der Waals surface area (Å²) in [6.07, 6.45) is 5.32. The van der Waals surface area contributed by atoms with E-state index in [2.05, 4.69) is 0 Å². The van der Waals surface area contributed by atoms with Crippen LogP contribution in [0.1, 0.15) is 32.6 Å². The van der Waals surface area contributed by atoms with Crippen molar-refractivity contribution in [2.75, 3.05) is 6.61 Å². The topological polar surface area (TPSA) is 43.4 Å². The van der Waals surface area contributed by atoms with Crippen molar-refractivity contribution in [3.8, 4) is 0 Å². The minimum Gasteiger partial charge on any atom is -0.466 e. The molecule has 1 rings (SSSR count). The molecule has 1 heterocycles. The number of esters is 1. The Hall–Kier alpha value is -0.290. The molecule has 15 heavy (non-hydrogen) atoms. The molecule has 0 aromatic heterocycles. The molecule has 3 nitrogen and oxygen atoms in total. The molecule has 0 aromatic rings. The van der Waals surface area contributed by atoms with Crippen LogP contribution in [0.2, 0.25) is 0 Å². The molecule has 1 aliphatic rings. The first-order valence-electron chi connectivity index (χ1n) is 5.14. The average molecular weight is 248 g/mol. The second-order valence-corrected chi connectivity index (χ2v) is 6.43. The van der Waals surface area contributed by atoms with Gasteiger partial charge in [0.15, 0.2) is 0 Å². The first kappa shape index (κ1) is 12.8. The van der Waals surface area contributed by atoms with Gasteiger partial charge in [0.25, 0.3) is 0 Å². The molecular formula is C10H16O3S2. The van der Waals surface area contributed by atoms with E-state index in [1.54, 1.807) is 5.41 Å². The van der Waals surface area contributed by atoms with Gasteiger partial charge in [-0.1, -0.05) is 12.5 Å². The Morgan fingerprint density at radius 1 is 1.53 bits per heavy atom. The quantitative estimate of drug-likeness (QED) is 0.411. The lowest BCUT2D eigenvalue weighted by Crippen LogP contribution is -2.04. The van der Waals surface area contributed by atoms with E-state index in [1.165, 1.54) is 10.8 Å². The van der Waals surface area contributed by atoms with Crippen LogP contribution in [0.15, 0.2) is 11.5 Å². The van der Waals surface area contributed by atoms with Crippen molar-refractivity contribution < 1.29 is 13.7 Å². The van der Waals surface area contributed by atoms with Gasteiger partial charge in [-0.25, -0.2) is 4.21 Å². The maximum absolute atomic E-state index is 11.0. The summed E-state index contributed by atoms with van der Waals surface area (Å²) in [5, 5.41) is 2.11. The molecule has 0 aliphatic carbocycles. The van der Waals surface area contributed by atoms with Gasteiger partial charge in [-0.05, 0) is 30.6 Å². The third-order valence-electron chi connectivity index (χ3n) is 2.05. The van der Waals surface area contributed by atoms with Gasteiger partial charge in [0.1, 0.15) is 9.83 Å². The van der Waals surface area contributed by atoms with E-state index in [0.717, 1.165) is 19.3 Å². The van der Waals surface area contributed by atoms with E-state index in [1.807, 2.05) is 13.0 Å². The Balaban J connectivity index is 2.00. The van der Waals surface area contributed by atoms with E-state index in [4.69, 9.17) is 4.74 Å². The van der Waals surface area contributed by atoms with Crippen molar-refractivity contribution in [3.05, 3.63) is 11.5 Å². The fraction of sp³-hybridized carbons (Fsp3) is 0.700. The number of hydrogen-bond donors (Lipinski definition) is 0. The van der Waals surface area contributed by atoms with Gasteiger partial charge in [0.05, 0.1) is 6.61 Å². The first-order valence-corrected chi connectivity index (χ1v) is 7.75. The van der Waals surface area contributed by atoms with Gasteiger partial charge in [-0.3, -0.25) is 4.79 Å². The van der Waals surface area contributed by atoms with Gasteiger partial charge in [-0.15, -0.1) is 0 Å². The maximum Gasteiger partial charge on any atom is 0.305 e. The molecule has 2 unspecified atom stereocenters. The highest BCUT2D eigenvalue weighted by Gasteiger charge is 2.15. The van der Waals surface area contributed by atoms with E-state index >= 15 is 0 Å². The Kier molecular flexibility index (Phi) is 6.02. The largest absolute Gasteiger partial charge is 0.466 e. The van der Waals surface area contributed by atoms with Gasteiger partial charge in [0, 0.05) is 17.1 Å². The van der Waals surface area contributed by atoms with E-state index < -0.39 is 9.83 Å². The molecule has 1 aliphatic heterocycles. The van der Waals surface area contributed by atoms with Crippen LogP contribution in [-0.2, 0) is 19.4 Å². The first-order chi connectivity index (χ1) is 7.22. The molecule has 0 radical (unpaired) electrons. The van der Waals surface area contributed by atoms with Gasteiger partial charge >= 0.3 is 5.97 Å². The SMILES string of the molecule is CCOC(=O)CCCCC1C=CS(=O)S1. The molecule has 5 heteroatoms. The minimum atomic E-state index is -0.826. The van der Waals surface area contributed by atoms with Crippen LogP contribution in [0.4, 0.5) is 0 Å². The summed E-state index contributed by atoms with van der Waals surface area (Å²) in [4.78, 5) is 11.0. The minimum absolute atomic E-state index is 0.115. The summed E-state index contributed by atoms with van der Waals surface area (Å²) in [5.74, 6) is -0.115. The Morgan fingerprint density at radius 3 is 2.93 bits per heavy atom. The van der Waals surface area contributed by atoms with E-state index in [-0.39, 0.29) is 5.97 Å². The number of rotatable bonds is 6. The molecule has 0 fully saturated rings.